The van der Waals surface area contributed by atoms with E-state index in [1.165, 1.54) is 6.07 Å². The Morgan fingerprint density at radius 2 is 1.68 bits per heavy atom. The summed E-state index contributed by atoms with van der Waals surface area (Å²) < 4.78 is 45.7. The first-order valence-corrected chi connectivity index (χ1v) is 12.5. The number of benzene rings is 2. The van der Waals surface area contributed by atoms with Gasteiger partial charge in [-0.3, -0.25) is 15.2 Å². The quantitative estimate of drug-likeness (QED) is 0.423. The van der Waals surface area contributed by atoms with E-state index < -0.39 is 22.7 Å². The lowest BCUT2D eigenvalue weighted by atomic mass is 9.92. The molecular formula is C25H30ClF3N4O4. The predicted molar refractivity (Wildman–Crippen MR) is 133 cm³/mol. The van der Waals surface area contributed by atoms with E-state index in [2.05, 4.69) is 10.2 Å². The molecule has 2 aromatic carbocycles. The van der Waals surface area contributed by atoms with Gasteiger partial charge in [0.05, 0.1) is 11.7 Å². The maximum atomic E-state index is 13.3. The molecule has 37 heavy (non-hydrogen) atoms. The molecule has 2 aromatic rings. The van der Waals surface area contributed by atoms with Crippen LogP contribution in [0, 0.1) is 0 Å². The van der Waals surface area contributed by atoms with Crippen LogP contribution >= 0.6 is 11.6 Å². The Morgan fingerprint density at radius 3 is 2.27 bits per heavy atom. The molecule has 2 aliphatic rings. The number of rotatable bonds is 7. The minimum absolute atomic E-state index is 0.0128. The number of nitrogens with zero attached hydrogens (tertiary/aromatic N) is 3. The number of hydrogen-bond donors (Lipinski definition) is 3. The fourth-order valence-electron chi connectivity index (χ4n) is 4.78. The molecule has 1 aliphatic heterocycles. The monoisotopic (exact) mass is 542 g/mol. The van der Waals surface area contributed by atoms with Crippen LogP contribution in [-0.4, -0.2) is 66.2 Å². The third-order valence-corrected chi connectivity index (χ3v) is 7.08. The molecule has 4 rings (SSSR count). The number of ether oxygens (including phenoxy) is 1. The lowest BCUT2D eigenvalue weighted by Gasteiger charge is -2.36. The van der Waals surface area contributed by atoms with E-state index in [1.54, 1.807) is 4.90 Å². The second-order valence-electron chi connectivity index (χ2n) is 9.29. The summed E-state index contributed by atoms with van der Waals surface area (Å²) in [5.74, 6) is -0.0439. The summed E-state index contributed by atoms with van der Waals surface area (Å²) in [6, 6.07) is 10.8. The molecule has 1 aliphatic carbocycles. The van der Waals surface area contributed by atoms with Crippen molar-refractivity contribution in [1.29, 1.82) is 0 Å². The Labute approximate surface area is 218 Å². The van der Waals surface area contributed by atoms with Crippen LogP contribution in [0.2, 0.25) is 5.02 Å². The van der Waals surface area contributed by atoms with Gasteiger partial charge in [-0.25, -0.2) is 0 Å². The van der Waals surface area contributed by atoms with Crippen LogP contribution in [0.3, 0.4) is 0 Å². The number of nitrogens with one attached hydrogen (secondary N) is 1. The number of halogens is 4. The normalized spacial score (nSPS) is 20.6. The van der Waals surface area contributed by atoms with Gasteiger partial charge in [-0.1, -0.05) is 11.6 Å². The summed E-state index contributed by atoms with van der Waals surface area (Å²) >= 11 is 5.95. The highest BCUT2D eigenvalue weighted by molar-refractivity contribution is 6.30. The molecule has 1 heterocycles. The summed E-state index contributed by atoms with van der Waals surface area (Å²) in [6.07, 6.45) is -2.11. The number of amides is 1. The van der Waals surface area contributed by atoms with Crippen molar-refractivity contribution in [2.45, 2.75) is 44.0 Å². The fraction of sp³-hybridized carbons (Fsp3) is 0.480. The molecule has 2 fully saturated rings. The van der Waals surface area contributed by atoms with Crippen molar-refractivity contribution in [3.8, 4) is 0 Å². The molecule has 8 nitrogen and oxygen atoms in total. The summed E-state index contributed by atoms with van der Waals surface area (Å²) in [4.78, 5) is 16.7. The van der Waals surface area contributed by atoms with Gasteiger partial charge < -0.3 is 19.9 Å². The molecule has 0 bridgehead atoms. The summed E-state index contributed by atoms with van der Waals surface area (Å²) in [5.41, 5.74) is -0.569. The van der Waals surface area contributed by atoms with Gasteiger partial charge in [0.1, 0.15) is 12.3 Å². The van der Waals surface area contributed by atoms with Crippen LogP contribution in [0.5, 0.6) is 0 Å². The largest absolute Gasteiger partial charge is 0.418 e. The van der Waals surface area contributed by atoms with Gasteiger partial charge in [0, 0.05) is 48.6 Å². The minimum atomic E-state index is -4.74. The smallest absolute Gasteiger partial charge is 0.382 e. The SMILES string of the molecule is O=C(COC1CCC(Nc2ccc(N(O)O)c(C(F)(F)F)c2)CC1)N1CCN(c2ccc(Cl)cc2)CC1. The predicted octanol–water partition coefficient (Wildman–Crippen LogP) is 5.03. The van der Waals surface area contributed by atoms with Gasteiger partial charge in [0.2, 0.25) is 5.91 Å². The van der Waals surface area contributed by atoms with Crippen molar-refractivity contribution in [3.05, 3.63) is 53.1 Å². The van der Waals surface area contributed by atoms with Crippen LogP contribution < -0.4 is 15.4 Å². The van der Waals surface area contributed by atoms with Crippen molar-refractivity contribution in [3.63, 3.8) is 0 Å². The van der Waals surface area contributed by atoms with Gasteiger partial charge in [-0.05, 0) is 68.1 Å². The molecule has 3 N–H and O–H groups in total. The van der Waals surface area contributed by atoms with Crippen molar-refractivity contribution in [1.82, 2.24) is 4.90 Å². The van der Waals surface area contributed by atoms with E-state index in [0.29, 0.717) is 43.8 Å². The zero-order valence-corrected chi connectivity index (χ0v) is 20.9. The molecular weight excluding hydrogens is 513 g/mol. The number of anilines is 3. The Bertz CT molecular complexity index is 1050. The number of carbonyl (C=O) groups is 1. The standard InChI is InChI=1S/C25H30ClF3N4O4/c26-17-1-6-20(7-2-17)31-11-13-32(14-12-31)24(34)16-37-21-8-3-18(4-9-21)30-19-5-10-23(33(35)36)22(15-19)25(27,28)29/h1-2,5-7,10,15,18,21,30,35-36H,3-4,8-9,11-14,16H2. The molecule has 0 spiro atoms. The Morgan fingerprint density at radius 1 is 1.03 bits per heavy atom. The van der Waals surface area contributed by atoms with E-state index in [4.69, 9.17) is 26.8 Å². The van der Waals surface area contributed by atoms with Crippen molar-refractivity contribution in [2.75, 3.05) is 48.2 Å². The average molecular weight is 543 g/mol. The van der Waals surface area contributed by atoms with E-state index >= 15 is 0 Å². The number of hydrogen-bond acceptors (Lipinski definition) is 7. The first-order chi connectivity index (χ1) is 17.6. The van der Waals surface area contributed by atoms with Gasteiger partial charge >= 0.3 is 6.18 Å². The van der Waals surface area contributed by atoms with Crippen molar-refractivity contribution < 1.29 is 33.1 Å². The third-order valence-electron chi connectivity index (χ3n) is 6.83. The van der Waals surface area contributed by atoms with Crippen LogP contribution in [0.25, 0.3) is 0 Å². The number of piperazine rings is 1. The maximum absolute atomic E-state index is 13.3. The number of alkyl halides is 3. The van der Waals surface area contributed by atoms with Gasteiger partial charge in [-0.15, -0.1) is 5.23 Å². The summed E-state index contributed by atoms with van der Waals surface area (Å²) in [6.45, 7) is 2.71. The molecule has 1 saturated heterocycles. The fourth-order valence-corrected chi connectivity index (χ4v) is 4.91. The van der Waals surface area contributed by atoms with E-state index in [-0.39, 0.29) is 30.3 Å². The van der Waals surface area contributed by atoms with Crippen molar-refractivity contribution in [2.24, 2.45) is 0 Å². The van der Waals surface area contributed by atoms with Gasteiger partial charge in [0.15, 0.2) is 0 Å². The topological polar surface area (TPSA) is 88.5 Å². The van der Waals surface area contributed by atoms with Crippen LogP contribution in [0.1, 0.15) is 31.2 Å². The Balaban J connectivity index is 1.19. The minimum Gasteiger partial charge on any atom is -0.382 e. The second-order valence-corrected chi connectivity index (χ2v) is 9.73. The molecule has 202 valence electrons. The van der Waals surface area contributed by atoms with Crippen LogP contribution in [0.15, 0.2) is 42.5 Å². The van der Waals surface area contributed by atoms with Crippen molar-refractivity contribution >= 4 is 34.6 Å². The molecule has 1 amide bonds. The van der Waals surface area contributed by atoms with E-state index in [1.807, 2.05) is 24.3 Å². The van der Waals surface area contributed by atoms with Gasteiger partial charge in [0.25, 0.3) is 0 Å². The number of carbonyl (C=O) groups excluding carboxylic acids is 1. The van der Waals surface area contributed by atoms with Gasteiger partial charge in [-0.2, -0.15) is 13.2 Å². The highest BCUT2D eigenvalue weighted by Crippen LogP contribution is 2.38. The lowest BCUT2D eigenvalue weighted by Crippen LogP contribution is -2.50. The average Bonchev–Trinajstić information content (AvgIpc) is 2.88. The zero-order chi connectivity index (χ0) is 26.6. The second kappa shape index (κ2) is 11.8. The molecule has 0 aromatic heterocycles. The lowest BCUT2D eigenvalue weighted by molar-refractivity contribution is -0.139. The highest BCUT2D eigenvalue weighted by Gasteiger charge is 2.35. The maximum Gasteiger partial charge on any atom is 0.418 e. The summed E-state index contributed by atoms with van der Waals surface area (Å²) in [5, 5.41) is 21.4. The third kappa shape index (κ3) is 7.19. The highest BCUT2D eigenvalue weighted by atomic mass is 35.5. The van der Waals surface area contributed by atoms with Crippen LogP contribution in [-0.2, 0) is 15.7 Å². The zero-order valence-electron chi connectivity index (χ0n) is 20.1. The van der Waals surface area contributed by atoms with Crippen LogP contribution in [0.4, 0.5) is 30.2 Å². The van der Waals surface area contributed by atoms with E-state index in [9.17, 15) is 18.0 Å². The Hall–Kier alpha value is -2.73. The first kappa shape index (κ1) is 27.3. The molecule has 12 heteroatoms. The van der Waals surface area contributed by atoms with E-state index in [0.717, 1.165) is 30.9 Å². The first-order valence-electron chi connectivity index (χ1n) is 12.2. The molecule has 0 unspecified atom stereocenters. The molecule has 0 radical (unpaired) electrons. The Kier molecular flexibility index (Phi) is 8.68. The summed E-state index contributed by atoms with van der Waals surface area (Å²) in [7, 11) is 0. The molecule has 1 saturated carbocycles. The molecule has 0 atom stereocenters.